The zero-order valence-electron chi connectivity index (χ0n) is 19.3. The highest BCUT2D eigenvalue weighted by Gasteiger charge is 2.19. The van der Waals surface area contributed by atoms with E-state index in [0.29, 0.717) is 0 Å². The van der Waals surface area contributed by atoms with Crippen molar-refractivity contribution in [2.24, 2.45) is 0 Å². The van der Waals surface area contributed by atoms with E-state index < -0.39 is 0 Å². The minimum Gasteiger partial charge on any atom is -0.369 e. The van der Waals surface area contributed by atoms with Crippen LogP contribution >= 0.6 is 11.6 Å². The van der Waals surface area contributed by atoms with Gasteiger partial charge in [0.2, 0.25) is 5.65 Å². The second-order valence-electron chi connectivity index (χ2n) is 8.62. The maximum absolute atomic E-state index is 6.22. The number of fused-ring (bicyclic) bond motifs is 3. The van der Waals surface area contributed by atoms with E-state index in [0.717, 1.165) is 85.5 Å². The summed E-state index contributed by atoms with van der Waals surface area (Å²) in [6, 6.07) is 14.3. The van der Waals surface area contributed by atoms with Crippen molar-refractivity contribution in [3.05, 3.63) is 58.9 Å². The topological polar surface area (TPSA) is 61.6 Å². The molecular weight excluding hydrogens is 434 g/mol. The fourth-order valence-electron chi connectivity index (χ4n) is 4.63. The second-order valence-corrected chi connectivity index (χ2v) is 9.05. The van der Waals surface area contributed by atoms with Gasteiger partial charge in [0.1, 0.15) is 5.82 Å². The van der Waals surface area contributed by atoms with E-state index in [2.05, 4.69) is 61.8 Å². The molecule has 1 aliphatic rings. The fourth-order valence-corrected chi connectivity index (χ4v) is 4.80. The SMILES string of the molecule is CCc1nnc2c(NCCCN3CCN(c4cc(Cl)ccc4C)CC3)nc3ccccc3n12. The predicted molar refractivity (Wildman–Crippen MR) is 136 cm³/mol. The van der Waals surface area contributed by atoms with Gasteiger partial charge in [-0.15, -0.1) is 10.2 Å². The molecule has 2 aromatic heterocycles. The Kier molecular flexibility index (Phi) is 6.33. The normalized spacial score (nSPS) is 14.9. The number of aryl methyl sites for hydroxylation is 2. The lowest BCUT2D eigenvalue weighted by molar-refractivity contribution is 0.257. The largest absolute Gasteiger partial charge is 0.369 e. The van der Waals surface area contributed by atoms with Gasteiger partial charge in [-0.2, -0.15) is 0 Å². The molecule has 1 N–H and O–H groups in total. The Morgan fingerprint density at radius 2 is 1.85 bits per heavy atom. The van der Waals surface area contributed by atoms with Gasteiger partial charge in [-0.05, 0) is 49.7 Å². The maximum atomic E-state index is 6.22. The smallest absolute Gasteiger partial charge is 0.204 e. The predicted octanol–water partition coefficient (Wildman–Crippen LogP) is 4.43. The highest BCUT2D eigenvalue weighted by atomic mass is 35.5. The quantitative estimate of drug-likeness (QED) is 0.409. The Balaban J connectivity index is 1.18. The highest BCUT2D eigenvalue weighted by molar-refractivity contribution is 6.30. The summed E-state index contributed by atoms with van der Waals surface area (Å²) in [5, 5.41) is 13.1. The number of hydrogen-bond donors (Lipinski definition) is 1. The lowest BCUT2D eigenvalue weighted by atomic mass is 10.1. The first-order chi connectivity index (χ1) is 16.1. The standard InChI is InChI=1S/C25H30ClN7/c1-3-23-29-30-25-24(28-20-7-4-5-8-21(20)33(23)25)27-11-6-12-31-13-15-32(16-14-31)22-17-19(26)10-9-18(22)2/h4-5,7-10,17H,3,6,11-16H2,1-2H3,(H,27,28). The Morgan fingerprint density at radius 3 is 2.67 bits per heavy atom. The Bertz CT molecular complexity index is 1260. The summed E-state index contributed by atoms with van der Waals surface area (Å²) in [5.41, 5.74) is 5.35. The molecule has 33 heavy (non-hydrogen) atoms. The molecule has 4 aromatic rings. The van der Waals surface area contributed by atoms with Crippen molar-refractivity contribution in [3.8, 4) is 0 Å². The summed E-state index contributed by atoms with van der Waals surface area (Å²) < 4.78 is 2.13. The van der Waals surface area contributed by atoms with E-state index in [1.165, 1.54) is 11.3 Å². The molecule has 5 rings (SSSR count). The Hall–Kier alpha value is -2.90. The van der Waals surface area contributed by atoms with Crippen molar-refractivity contribution in [1.82, 2.24) is 24.5 Å². The average Bonchev–Trinajstić information content (AvgIpc) is 3.28. The van der Waals surface area contributed by atoms with Gasteiger partial charge in [-0.1, -0.05) is 36.7 Å². The van der Waals surface area contributed by atoms with E-state index in [1.54, 1.807) is 0 Å². The molecule has 0 bridgehead atoms. The lowest BCUT2D eigenvalue weighted by Gasteiger charge is -2.37. The fraction of sp³-hybridized carbons (Fsp3) is 0.400. The zero-order chi connectivity index (χ0) is 22.8. The van der Waals surface area contributed by atoms with Crippen molar-refractivity contribution in [2.75, 3.05) is 49.5 Å². The van der Waals surface area contributed by atoms with Gasteiger partial charge in [0.05, 0.1) is 11.0 Å². The van der Waals surface area contributed by atoms with Crippen LogP contribution in [0.2, 0.25) is 5.02 Å². The van der Waals surface area contributed by atoms with Crippen molar-refractivity contribution in [2.45, 2.75) is 26.7 Å². The minimum atomic E-state index is 0.802. The maximum Gasteiger partial charge on any atom is 0.204 e. The van der Waals surface area contributed by atoms with Gasteiger partial charge < -0.3 is 10.2 Å². The summed E-state index contributed by atoms with van der Waals surface area (Å²) in [4.78, 5) is 9.81. The molecule has 172 valence electrons. The number of nitrogens with one attached hydrogen (secondary N) is 1. The third-order valence-electron chi connectivity index (χ3n) is 6.44. The van der Waals surface area contributed by atoms with Crippen LogP contribution in [0.5, 0.6) is 0 Å². The van der Waals surface area contributed by atoms with E-state index in [-0.39, 0.29) is 0 Å². The van der Waals surface area contributed by atoms with Crippen LogP contribution in [0.25, 0.3) is 16.7 Å². The minimum absolute atomic E-state index is 0.802. The van der Waals surface area contributed by atoms with Crippen LogP contribution in [0.1, 0.15) is 24.7 Å². The second kappa shape index (κ2) is 9.53. The molecule has 0 saturated carbocycles. The van der Waals surface area contributed by atoms with Crippen molar-refractivity contribution in [1.29, 1.82) is 0 Å². The zero-order valence-corrected chi connectivity index (χ0v) is 20.0. The van der Waals surface area contributed by atoms with Crippen molar-refractivity contribution >= 4 is 39.8 Å². The first-order valence-corrected chi connectivity index (χ1v) is 12.1. The van der Waals surface area contributed by atoms with Gasteiger partial charge in [-0.3, -0.25) is 9.30 Å². The summed E-state index contributed by atoms with van der Waals surface area (Å²) in [7, 11) is 0. The average molecular weight is 464 g/mol. The van der Waals surface area contributed by atoms with E-state index in [4.69, 9.17) is 16.6 Å². The van der Waals surface area contributed by atoms with Crippen LogP contribution in [0.3, 0.4) is 0 Å². The van der Waals surface area contributed by atoms with Crippen LogP contribution in [-0.2, 0) is 6.42 Å². The van der Waals surface area contributed by atoms with Crippen LogP contribution in [-0.4, -0.2) is 63.8 Å². The Morgan fingerprint density at radius 1 is 1.03 bits per heavy atom. The molecule has 8 heteroatoms. The number of rotatable bonds is 7. The highest BCUT2D eigenvalue weighted by Crippen LogP contribution is 2.25. The molecule has 1 saturated heterocycles. The van der Waals surface area contributed by atoms with Crippen LogP contribution < -0.4 is 10.2 Å². The molecule has 0 spiro atoms. The van der Waals surface area contributed by atoms with Crippen LogP contribution in [0.4, 0.5) is 11.5 Å². The summed E-state index contributed by atoms with van der Waals surface area (Å²) >= 11 is 6.22. The van der Waals surface area contributed by atoms with Crippen molar-refractivity contribution in [3.63, 3.8) is 0 Å². The van der Waals surface area contributed by atoms with E-state index in [1.807, 2.05) is 24.3 Å². The van der Waals surface area contributed by atoms with Gasteiger partial charge in [0.15, 0.2) is 5.82 Å². The molecule has 0 atom stereocenters. The number of aromatic nitrogens is 4. The molecule has 1 aliphatic heterocycles. The first kappa shape index (κ1) is 21.9. The molecule has 0 aliphatic carbocycles. The third kappa shape index (κ3) is 4.48. The number of halogens is 1. The van der Waals surface area contributed by atoms with Gasteiger partial charge >= 0.3 is 0 Å². The van der Waals surface area contributed by atoms with Crippen LogP contribution in [0.15, 0.2) is 42.5 Å². The molecular formula is C25H30ClN7. The number of nitrogens with zero attached hydrogens (tertiary/aromatic N) is 6. The summed E-state index contributed by atoms with van der Waals surface area (Å²) in [6.07, 6.45) is 1.88. The summed E-state index contributed by atoms with van der Waals surface area (Å²) in [5.74, 6) is 1.77. The van der Waals surface area contributed by atoms with Crippen LogP contribution in [0, 0.1) is 6.92 Å². The van der Waals surface area contributed by atoms with Gasteiger partial charge in [0, 0.05) is 49.9 Å². The molecule has 3 heterocycles. The molecule has 7 nitrogen and oxygen atoms in total. The summed E-state index contributed by atoms with van der Waals surface area (Å²) in [6.45, 7) is 10.4. The molecule has 0 radical (unpaired) electrons. The number of anilines is 2. The number of piperazine rings is 1. The third-order valence-corrected chi connectivity index (χ3v) is 6.68. The number of benzene rings is 2. The molecule has 0 amide bonds. The molecule has 1 fully saturated rings. The Labute approximate surface area is 199 Å². The lowest BCUT2D eigenvalue weighted by Crippen LogP contribution is -2.47. The molecule has 2 aromatic carbocycles. The van der Waals surface area contributed by atoms with E-state index in [9.17, 15) is 0 Å². The number of para-hydroxylation sites is 2. The van der Waals surface area contributed by atoms with Crippen molar-refractivity contribution < 1.29 is 0 Å². The molecule has 0 unspecified atom stereocenters. The van der Waals surface area contributed by atoms with Gasteiger partial charge in [0.25, 0.3) is 0 Å². The first-order valence-electron chi connectivity index (χ1n) is 11.7. The number of hydrogen-bond acceptors (Lipinski definition) is 6. The monoisotopic (exact) mass is 463 g/mol. The van der Waals surface area contributed by atoms with E-state index >= 15 is 0 Å². The van der Waals surface area contributed by atoms with Gasteiger partial charge in [-0.25, -0.2) is 4.98 Å².